The molecular formula is C16H19NO4. The summed E-state index contributed by atoms with van der Waals surface area (Å²) in [5.41, 5.74) is 2.68. The van der Waals surface area contributed by atoms with E-state index in [1.54, 1.807) is 12.1 Å². The molecule has 0 aromatic heterocycles. The molecule has 2 unspecified atom stereocenters. The van der Waals surface area contributed by atoms with E-state index < -0.39 is 17.8 Å². The zero-order chi connectivity index (χ0) is 15.6. The third-order valence-corrected chi connectivity index (χ3v) is 4.06. The first kappa shape index (κ1) is 15.1. The Balaban J connectivity index is 2.16. The Kier molecular flexibility index (Phi) is 4.31. The molecule has 1 amide bonds. The van der Waals surface area contributed by atoms with Gasteiger partial charge in [-0.25, -0.2) is 0 Å². The molecule has 0 bridgehead atoms. The third-order valence-electron chi connectivity index (χ3n) is 4.06. The Morgan fingerprint density at radius 2 is 1.57 bits per heavy atom. The van der Waals surface area contributed by atoms with Crippen molar-refractivity contribution in [1.82, 2.24) is 0 Å². The Morgan fingerprint density at radius 3 is 2.10 bits per heavy atom. The number of nitrogens with one attached hydrogen (secondary N) is 1. The lowest BCUT2D eigenvalue weighted by Crippen LogP contribution is -2.36. The van der Waals surface area contributed by atoms with Crippen molar-refractivity contribution in [3.63, 3.8) is 0 Å². The minimum Gasteiger partial charge on any atom is -0.508 e. The summed E-state index contributed by atoms with van der Waals surface area (Å²) >= 11 is 0. The van der Waals surface area contributed by atoms with Crippen molar-refractivity contribution in [3.8, 4) is 5.75 Å². The lowest BCUT2D eigenvalue weighted by atomic mass is 9.76. The summed E-state index contributed by atoms with van der Waals surface area (Å²) < 4.78 is 0. The van der Waals surface area contributed by atoms with Gasteiger partial charge < -0.3 is 15.5 Å². The van der Waals surface area contributed by atoms with Crippen LogP contribution in [0.2, 0.25) is 0 Å². The van der Waals surface area contributed by atoms with Crippen molar-refractivity contribution in [3.05, 3.63) is 35.4 Å². The Morgan fingerprint density at radius 1 is 1.05 bits per heavy atom. The molecule has 3 N–H and O–H groups in total. The van der Waals surface area contributed by atoms with Crippen molar-refractivity contribution in [2.45, 2.75) is 26.7 Å². The number of carbonyl (C=O) groups excluding carboxylic acids is 1. The summed E-state index contributed by atoms with van der Waals surface area (Å²) in [6.07, 6.45) is 0.877. The van der Waals surface area contributed by atoms with E-state index in [1.807, 2.05) is 13.8 Å². The van der Waals surface area contributed by atoms with Gasteiger partial charge in [0.2, 0.25) is 5.91 Å². The minimum absolute atomic E-state index is 0.114. The van der Waals surface area contributed by atoms with Crippen LogP contribution in [-0.2, 0) is 9.59 Å². The van der Waals surface area contributed by atoms with E-state index in [0.717, 1.165) is 11.1 Å². The fourth-order valence-corrected chi connectivity index (χ4v) is 2.61. The standard InChI is InChI=1S/C16H19NO4/c1-9-7-13(14(16(20)21)8-10(9)2)15(19)17-11-3-5-12(18)6-4-11/h3-6,13-14,18H,7-8H2,1-2H3,(H,17,19)(H,20,21). The lowest BCUT2D eigenvalue weighted by Gasteiger charge is -2.29. The molecular weight excluding hydrogens is 270 g/mol. The van der Waals surface area contributed by atoms with E-state index in [-0.39, 0.29) is 11.7 Å². The largest absolute Gasteiger partial charge is 0.508 e. The quantitative estimate of drug-likeness (QED) is 0.590. The highest BCUT2D eigenvalue weighted by Crippen LogP contribution is 2.35. The molecule has 0 saturated heterocycles. The number of hydrogen-bond donors (Lipinski definition) is 3. The average Bonchev–Trinajstić information content (AvgIpc) is 2.43. The maximum Gasteiger partial charge on any atom is 0.307 e. The molecule has 0 aliphatic heterocycles. The van der Waals surface area contributed by atoms with Crippen molar-refractivity contribution in [2.75, 3.05) is 5.32 Å². The van der Waals surface area contributed by atoms with Crippen molar-refractivity contribution in [2.24, 2.45) is 11.8 Å². The molecule has 1 aliphatic rings. The predicted octanol–water partition coefficient (Wildman–Crippen LogP) is 2.78. The van der Waals surface area contributed by atoms with E-state index in [9.17, 15) is 19.8 Å². The van der Waals surface area contributed by atoms with E-state index in [2.05, 4.69) is 5.32 Å². The topological polar surface area (TPSA) is 86.6 Å². The van der Waals surface area contributed by atoms with E-state index >= 15 is 0 Å². The number of anilines is 1. The molecule has 21 heavy (non-hydrogen) atoms. The Bertz CT molecular complexity index is 589. The van der Waals surface area contributed by atoms with Gasteiger partial charge in [-0.3, -0.25) is 9.59 Å². The molecule has 0 radical (unpaired) electrons. The molecule has 5 heteroatoms. The highest BCUT2D eigenvalue weighted by atomic mass is 16.4. The molecule has 1 aromatic carbocycles. The molecule has 2 rings (SSSR count). The number of phenolic OH excluding ortho intramolecular Hbond substituents is 1. The van der Waals surface area contributed by atoms with Gasteiger partial charge in [-0.1, -0.05) is 11.1 Å². The number of phenols is 1. The summed E-state index contributed by atoms with van der Waals surface area (Å²) in [6.45, 7) is 3.85. The van der Waals surface area contributed by atoms with Crippen LogP contribution in [0.1, 0.15) is 26.7 Å². The zero-order valence-corrected chi connectivity index (χ0v) is 12.1. The number of allylic oxidation sites excluding steroid dienone is 2. The first-order valence-electron chi connectivity index (χ1n) is 6.86. The van der Waals surface area contributed by atoms with Crippen LogP contribution in [0.15, 0.2) is 35.4 Å². The smallest absolute Gasteiger partial charge is 0.307 e. The monoisotopic (exact) mass is 289 g/mol. The summed E-state index contributed by atoms with van der Waals surface area (Å²) in [5, 5.41) is 21.3. The van der Waals surface area contributed by atoms with Crippen LogP contribution in [0.4, 0.5) is 5.69 Å². The fourth-order valence-electron chi connectivity index (χ4n) is 2.61. The number of carboxylic acid groups (broad SMARTS) is 1. The molecule has 0 heterocycles. The number of carboxylic acids is 1. The fraction of sp³-hybridized carbons (Fsp3) is 0.375. The SMILES string of the molecule is CC1=C(C)CC(C(=O)Nc2ccc(O)cc2)C(C(=O)O)C1. The van der Waals surface area contributed by atoms with Gasteiger partial charge in [0.15, 0.2) is 0 Å². The highest BCUT2D eigenvalue weighted by Gasteiger charge is 2.37. The van der Waals surface area contributed by atoms with Crippen LogP contribution >= 0.6 is 0 Å². The number of rotatable bonds is 3. The van der Waals surface area contributed by atoms with E-state index in [1.165, 1.54) is 12.1 Å². The summed E-state index contributed by atoms with van der Waals surface area (Å²) in [6, 6.07) is 6.11. The Hall–Kier alpha value is -2.30. The second kappa shape index (κ2) is 5.99. The van der Waals surface area contributed by atoms with Crippen LogP contribution in [0.25, 0.3) is 0 Å². The molecule has 112 valence electrons. The average molecular weight is 289 g/mol. The van der Waals surface area contributed by atoms with Crippen molar-refractivity contribution < 1.29 is 19.8 Å². The molecule has 1 aromatic rings. The molecule has 0 spiro atoms. The van der Waals surface area contributed by atoms with Gasteiger partial charge in [-0.2, -0.15) is 0 Å². The van der Waals surface area contributed by atoms with Crippen LogP contribution in [0.5, 0.6) is 5.75 Å². The van der Waals surface area contributed by atoms with Crippen LogP contribution in [0, 0.1) is 11.8 Å². The molecule has 2 atom stereocenters. The van der Waals surface area contributed by atoms with E-state index in [4.69, 9.17) is 0 Å². The van der Waals surface area contributed by atoms with Gasteiger partial charge in [0, 0.05) is 5.69 Å². The summed E-state index contributed by atoms with van der Waals surface area (Å²) in [7, 11) is 0. The predicted molar refractivity (Wildman–Crippen MR) is 79.0 cm³/mol. The number of aromatic hydroxyl groups is 1. The second-order valence-corrected chi connectivity index (χ2v) is 5.56. The van der Waals surface area contributed by atoms with Gasteiger partial charge in [0.1, 0.15) is 5.75 Å². The molecule has 5 nitrogen and oxygen atoms in total. The van der Waals surface area contributed by atoms with Crippen LogP contribution in [-0.4, -0.2) is 22.1 Å². The van der Waals surface area contributed by atoms with Crippen molar-refractivity contribution >= 4 is 17.6 Å². The first-order valence-corrected chi connectivity index (χ1v) is 6.86. The first-order chi connectivity index (χ1) is 9.88. The molecule has 0 saturated carbocycles. The number of carbonyl (C=O) groups is 2. The number of hydrogen-bond acceptors (Lipinski definition) is 3. The zero-order valence-electron chi connectivity index (χ0n) is 12.1. The Labute approximate surface area is 123 Å². The van der Waals surface area contributed by atoms with Gasteiger partial charge in [-0.15, -0.1) is 0 Å². The van der Waals surface area contributed by atoms with E-state index in [0.29, 0.717) is 18.5 Å². The van der Waals surface area contributed by atoms with Crippen LogP contribution < -0.4 is 5.32 Å². The normalized spacial score (nSPS) is 22.0. The van der Waals surface area contributed by atoms with Crippen molar-refractivity contribution in [1.29, 1.82) is 0 Å². The summed E-state index contributed by atoms with van der Waals surface area (Å²) in [4.78, 5) is 23.7. The molecule has 1 aliphatic carbocycles. The van der Waals surface area contributed by atoms with Crippen LogP contribution in [0.3, 0.4) is 0 Å². The van der Waals surface area contributed by atoms with Gasteiger partial charge in [-0.05, 0) is 51.0 Å². The second-order valence-electron chi connectivity index (χ2n) is 5.56. The number of aliphatic carboxylic acids is 1. The van der Waals surface area contributed by atoms with Gasteiger partial charge >= 0.3 is 5.97 Å². The highest BCUT2D eigenvalue weighted by molar-refractivity contribution is 5.95. The maximum absolute atomic E-state index is 12.4. The maximum atomic E-state index is 12.4. The lowest BCUT2D eigenvalue weighted by molar-refractivity contribution is -0.146. The minimum atomic E-state index is -0.937. The van der Waals surface area contributed by atoms with Gasteiger partial charge in [0.25, 0.3) is 0 Å². The third kappa shape index (κ3) is 3.42. The number of amides is 1. The molecule has 0 fully saturated rings. The summed E-state index contributed by atoms with van der Waals surface area (Å²) in [5.74, 6) is -2.37. The van der Waals surface area contributed by atoms with Gasteiger partial charge in [0.05, 0.1) is 11.8 Å². The number of benzene rings is 1.